The molecule has 0 N–H and O–H groups in total. The van der Waals surface area contributed by atoms with Crippen LogP contribution in [0, 0.1) is 5.41 Å². The predicted molar refractivity (Wildman–Crippen MR) is 88.8 cm³/mol. The molecule has 1 amide bonds. The van der Waals surface area contributed by atoms with Gasteiger partial charge >= 0.3 is 0 Å². The minimum atomic E-state index is -0.135. The summed E-state index contributed by atoms with van der Waals surface area (Å²) >= 11 is 0. The smallest absolute Gasteiger partial charge is 0.233 e. The van der Waals surface area contributed by atoms with E-state index in [1.807, 2.05) is 43.0 Å². The van der Waals surface area contributed by atoms with Crippen LogP contribution in [0.25, 0.3) is 0 Å². The maximum absolute atomic E-state index is 13.0. The standard InChI is InChI=1S/C19H25NO3/c1-14(2)23-16-5-3-15(4-6-16)20-12-11-18(17(20)21)7-9-19(10-8-18)13-22-19/h3-6,14H,7-13H2,1-2H3. The van der Waals surface area contributed by atoms with E-state index in [9.17, 15) is 4.79 Å². The summed E-state index contributed by atoms with van der Waals surface area (Å²) in [5.41, 5.74) is 1.00. The van der Waals surface area contributed by atoms with Gasteiger partial charge in [-0.3, -0.25) is 4.79 Å². The number of carbonyl (C=O) groups is 1. The molecule has 1 aromatic carbocycles. The first-order valence-electron chi connectivity index (χ1n) is 8.75. The molecule has 1 saturated carbocycles. The zero-order valence-corrected chi connectivity index (χ0v) is 14.0. The fourth-order valence-corrected chi connectivity index (χ4v) is 4.08. The molecule has 0 aromatic heterocycles. The predicted octanol–water partition coefficient (Wildman–Crippen LogP) is 3.54. The molecule has 23 heavy (non-hydrogen) atoms. The van der Waals surface area contributed by atoms with E-state index in [0.717, 1.165) is 56.7 Å². The number of amides is 1. The molecule has 4 rings (SSSR count). The van der Waals surface area contributed by atoms with Crippen LogP contribution in [-0.4, -0.2) is 30.8 Å². The second-order valence-corrected chi connectivity index (χ2v) is 7.62. The molecule has 2 saturated heterocycles. The molecule has 124 valence electrons. The van der Waals surface area contributed by atoms with Crippen molar-refractivity contribution in [1.82, 2.24) is 0 Å². The van der Waals surface area contributed by atoms with Crippen LogP contribution >= 0.6 is 0 Å². The number of epoxide rings is 1. The van der Waals surface area contributed by atoms with Crippen molar-refractivity contribution >= 4 is 11.6 Å². The van der Waals surface area contributed by atoms with Gasteiger partial charge in [-0.1, -0.05) is 0 Å². The third kappa shape index (κ3) is 2.63. The first-order valence-corrected chi connectivity index (χ1v) is 8.75. The lowest BCUT2D eigenvalue weighted by Gasteiger charge is -2.34. The molecule has 2 heterocycles. The number of hydrogen-bond acceptors (Lipinski definition) is 3. The van der Waals surface area contributed by atoms with Crippen molar-refractivity contribution in [2.45, 2.75) is 57.7 Å². The van der Waals surface area contributed by atoms with Gasteiger partial charge < -0.3 is 14.4 Å². The van der Waals surface area contributed by atoms with Gasteiger partial charge in [0.15, 0.2) is 0 Å². The lowest BCUT2D eigenvalue weighted by Crippen LogP contribution is -2.39. The average molecular weight is 315 g/mol. The summed E-state index contributed by atoms with van der Waals surface area (Å²) in [7, 11) is 0. The molecule has 3 aliphatic rings. The van der Waals surface area contributed by atoms with Gasteiger partial charge in [0.1, 0.15) is 5.75 Å². The Labute approximate surface area is 137 Å². The second kappa shape index (κ2) is 5.23. The Hall–Kier alpha value is -1.55. The van der Waals surface area contributed by atoms with Crippen molar-refractivity contribution in [3.05, 3.63) is 24.3 Å². The molecule has 2 aliphatic heterocycles. The fourth-order valence-electron chi connectivity index (χ4n) is 4.08. The Morgan fingerprint density at radius 2 is 1.74 bits per heavy atom. The Morgan fingerprint density at radius 1 is 1.09 bits per heavy atom. The molecule has 0 atom stereocenters. The van der Waals surface area contributed by atoms with Gasteiger partial charge in [0.2, 0.25) is 5.91 Å². The Balaban J connectivity index is 1.47. The van der Waals surface area contributed by atoms with Crippen LogP contribution in [0.15, 0.2) is 24.3 Å². The zero-order chi connectivity index (χ0) is 16.1. The highest BCUT2D eigenvalue weighted by Gasteiger charge is 2.56. The summed E-state index contributed by atoms with van der Waals surface area (Å²) in [5, 5.41) is 0. The number of ether oxygens (including phenoxy) is 2. The monoisotopic (exact) mass is 315 g/mol. The highest BCUT2D eigenvalue weighted by Crippen LogP contribution is 2.53. The maximum atomic E-state index is 13.0. The molecular formula is C19H25NO3. The summed E-state index contributed by atoms with van der Waals surface area (Å²) in [4.78, 5) is 15.0. The molecule has 1 aliphatic carbocycles. The van der Waals surface area contributed by atoms with Gasteiger partial charge in [0.25, 0.3) is 0 Å². The Kier molecular flexibility index (Phi) is 3.41. The minimum Gasteiger partial charge on any atom is -0.491 e. The average Bonchev–Trinajstić information content (AvgIpc) is 3.23. The van der Waals surface area contributed by atoms with E-state index in [0.29, 0.717) is 5.91 Å². The van der Waals surface area contributed by atoms with E-state index in [4.69, 9.17) is 9.47 Å². The summed E-state index contributed by atoms with van der Waals surface area (Å²) < 4.78 is 11.3. The minimum absolute atomic E-state index is 0.135. The molecule has 0 bridgehead atoms. The maximum Gasteiger partial charge on any atom is 0.233 e. The second-order valence-electron chi connectivity index (χ2n) is 7.62. The number of hydrogen-bond donors (Lipinski definition) is 0. The van der Waals surface area contributed by atoms with E-state index < -0.39 is 0 Å². The quantitative estimate of drug-likeness (QED) is 0.801. The third-order valence-corrected chi connectivity index (χ3v) is 5.70. The summed E-state index contributed by atoms with van der Waals surface area (Å²) in [6.07, 6.45) is 5.21. The van der Waals surface area contributed by atoms with Crippen molar-refractivity contribution in [3.8, 4) is 5.75 Å². The van der Waals surface area contributed by atoms with Crippen molar-refractivity contribution in [2.75, 3.05) is 18.1 Å². The zero-order valence-electron chi connectivity index (χ0n) is 14.0. The Bertz CT molecular complexity index is 594. The van der Waals surface area contributed by atoms with E-state index in [2.05, 4.69) is 0 Å². The van der Waals surface area contributed by atoms with Gasteiger partial charge in [-0.15, -0.1) is 0 Å². The topological polar surface area (TPSA) is 42.1 Å². The largest absolute Gasteiger partial charge is 0.491 e. The molecule has 1 aromatic rings. The van der Waals surface area contributed by atoms with E-state index in [-0.39, 0.29) is 17.1 Å². The summed E-state index contributed by atoms with van der Waals surface area (Å²) in [5.74, 6) is 1.17. The Morgan fingerprint density at radius 3 is 2.30 bits per heavy atom. The highest BCUT2D eigenvalue weighted by atomic mass is 16.6. The molecule has 2 spiro atoms. The number of anilines is 1. The van der Waals surface area contributed by atoms with Crippen molar-refractivity contribution in [2.24, 2.45) is 5.41 Å². The molecule has 3 fully saturated rings. The number of benzene rings is 1. The first kappa shape index (κ1) is 15.0. The van der Waals surface area contributed by atoms with Crippen LogP contribution < -0.4 is 9.64 Å². The van der Waals surface area contributed by atoms with Crippen molar-refractivity contribution in [1.29, 1.82) is 0 Å². The normalized spacial score (nSPS) is 33.0. The van der Waals surface area contributed by atoms with E-state index in [1.54, 1.807) is 0 Å². The van der Waals surface area contributed by atoms with Crippen LogP contribution in [0.2, 0.25) is 0 Å². The third-order valence-electron chi connectivity index (χ3n) is 5.70. The van der Waals surface area contributed by atoms with Gasteiger partial charge in [0.05, 0.1) is 23.7 Å². The number of nitrogens with zero attached hydrogens (tertiary/aromatic N) is 1. The molecular weight excluding hydrogens is 290 g/mol. The van der Waals surface area contributed by atoms with Crippen molar-refractivity contribution < 1.29 is 14.3 Å². The molecule has 4 nitrogen and oxygen atoms in total. The lowest BCUT2D eigenvalue weighted by molar-refractivity contribution is -0.127. The van der Waals surface area contributed by atoms with Crippen LogP contribution in [0.5, 0.6) is 5.75 Å². The SMILES string of the molecule is CC(C)Oc1ccc(N2CCC3(CCC4(CC3)CO4)C2=O)cc1. The molecule has 0 unspecified atom stereocenters. The summed E-state index contributed by atoms with van der Waals surface area (Å²) in [6, 6.07) is 7.93. The summed E-state index contributed by atoms with van der Waals surface area (Å²) in [6.45, 7) is 5.76. The number of carbonyl (C=O) groups excluding carboxylic acids is 1. The molecule has 4 heteroatoms. The van der Waals surface area contributed by atoms with Crippen LogP contribution in [0.3, 0.4) is 0 Å². The van der Waals surface area contributed by atoms with E-state index in [1.165, 1.54) is 0 Å². The van der Waals surface area contributed by atoms with Gasteiger partial charge in [0, 0.05) is 12.2 Å². The van der Waals surface area contributed by atoms with Crippen LogP contribution in [0.4, 0.5) is 5.69 Å². The fraction of sp³-hybridized carbons (Fsp3) is 0.632. The van der Waals surface area contributed by atoms with Crippen molar-refractivity contribution in [3.63, 3.8) is 0 Å². The highest BCUT2D eigenvalue weighted by molar-refractivity contribution is 6.00. The lowest BCUT2D eigenvalue weighted by atomic mass is 9.69. The number of rotatable bonds is 3. The van der Waals surface area contributed by atoms with E-state index >= 15 is 0 Å². The van der Waals surface area contributed by atoms with Crippen LogP contribution in [0.1, 0.15) is 46.0 Å². The van der Waals surface area contributed by atoms with Gasteiger partial charge in [-0.25, -0.2) is 0 Å². The first-order chi connectivity index (χ1) is 11.0. The van der Waals surface area contributed by atoms with Gasteiger partial charge in [-0.05, 0) is 70.2 Å². The van der Waals surface area contributed by atoms with Gasteiger partial charge in [-0.2, -0.15) is 0 Å². The molecule has 0 radical (unpaired) electrons. The van der Waals surface area contributed by atoms with Crippen LogP contribution in [-0.2, 0) is 9.53 Å².